The van der Waals surface area contributed by atoms with E-state index in [-0.39, 0.29) is 31.1 Å². The standard InChI is InChI=1S/C61H118O6/c1-4-7-10-13-16-18-19-20-21-22-23-24-25-26-27-28-29-30-31-32-33-34-35-36-37-38-39-40-41-42-43-44-46-48-51-54-60(63)66-57-58(56-65-59(62)53-50-47-15-12-9-6-3)67-61(64)55-52-49-45-17-14-11-8-5-2/h58H,4-57H2,1-3H3. The topological polar surface area (TPSA) is 78.9 Å². The van der Waals surface area contributed by atoms with E-state index in [2.05, 4.69) is 20.8 Å². The first-order valence-corrected chi connectivity index (χ1v) is 30.5. The predicted molar refractivity (Wildman–Crippen MR) is 289 cm³/mol. The minimum absolute atomic E-state index is 0.0635. The molecule has 0 rings (SSSR count). The van der Waals surface area contributed by atoms with Crippen molar-refractivity contribution in [3.8, 4) is 0 Å². The normalized spacial score (nSPS) is 11.9. The van der Waals surface area contributed by atoms with Crippen LogP contribution in [0.15, 0.2) is 0 Å². The number of hydrogen-bond donors (Lipinski definition) is 0. The first-order chi connectivity index (χ1) is 33.0. The quantitative estimate of drug-likeness (QED) is 0.0343. The maximum absolute atomic E-state index is 12.6. The summed E-state index contributed by atoms with van der Waals surface area (Å²) in [6, 6.07) is 0. The van der Waals surface area contributed by atoms with E-state index in [1.807, 2.05) is 0 Å². The Labute approximate surface area is 418 Å². The minimum Gasteiger partial charge on any atom is -0.462 e. The van der Waals surface area contributed by atoms with Crippen LogP contribution in [0.5, 0.6) is 0 Å². The molecule has 0 spiro atoms. The van der Waals surface area contributed by atoms with Gasteiger partial charge in [0.25, 0.3) is 0 Å². The third kappa shape index (κ3) is 55.2. The smallest absolute Gasteiger partial charge is 0.306 e. The molecule has 0 aromatic heterocycles. The highest BCUT2D eigenvalue weighted by Gasteiger charge is 2.19. The van der Waals surface area contributed by atoms with Crippen LogP contribution in [0.2, 0.25) is 0 Å². The molecule has 0 bridgehead atoms. The van der Waals surface area contributed by atoms with E-state index in [0.717, 1.165) is 57.8 Å². The molecule has 67 heavy (non-hydrogen) atoms. The summed E-state index contributed by atoms with van der Waals surface area (Å²) in [5.74, 6) is -0.859. The fourth-order valence-corrected chi connectivity index (χ4v) is 9.51. The minimum atomic E-state index is -0.757. The maximum atomic E-state index is 12.6. The van der Waals surface area contributed by atoms with Crippen LogP contribution in [0.3, 0.4) is 0 Å². The maximum Gasteiger partial charge on any atom is 0.306 e. The van der Waals surface area contributed by atoms with Crippen LogP contribution in [0.1, 0.15) is 355 Å². The molecule has 0 amide bonds. The zero-order chi connectivity index (χ0) is 48.6. The van der Waals surface area contributed by atoms with E-state index < -0.39 is 6.10 Å². The van der Waals surface area contributed by atoms with Crippen LogP contribution in [-0.4, -0.2) is 37.2 Å². The van der Waals surface area contributed by atoms with Gasteiger partial charge in [0.15, 0.2) is 6.10 Å². The molecule has 0 radical (unpaired) electrons. The van der Waals surface area contributed by atoms with E-state index in [9.17, 15) is 14.4 Å². The number of unbranched alkanes of at least 4 members (excludes halogenated alkanes) is 46. The van der Waals surface area contributed by atoms with E-state index in [1.165, 1.54) is 257 Å². The second-order valence-corrected chi connectivity index (χ2v) is 21.0. The van der Waals surface area contributed by atoms with Gasteiger partial charge in [-0.15, -0.1) is 0 Å². The average molecular weight is 948 g/mol. The summed E-state index contributed by atoms with van der Waals surface area (Å²) < 4.78 is 16.7. The third-order valence-corrected chi connectivity index (χ3v) is 14.1. The molecule has 6 nitrogen and oxygen atoms in total. The van der Waals surface area contributed by atoms with Crippen molar-refractivity contribution < 1.29 is 28.6 Å². The molecule has 0 aliphatic heterocycles. The van der Waals surface area contributed by atoms with Crippen LogP contribution in [0.4, 0.5) is 0 Å². The van der Waals surface area contributed by atoms with Crippen molar-refractivity contribution in [3.63, 3.8) is 0 Å². The molecule has 6 heteroatoms. The highest BCUT2D eigenvalue weighted by atomic mass is 16.6. The molecular weight excluding hydrogens is 829 g/mol. The van der Waals surface area contributed by atoms with E-state index in [0.29, 0.717) is 19.3 Å². The summed E-state index contributed by atoms with van der Waals surface area (Å²) in [7, 11) is 0. The van der Waals surface area contributed by atoms with Gasteiger partial charge in [-0.1, -0.05) is 316 Å². The van der Waals surface area contributed by atoms with Gasteiger partial charge in [-0.2, -0.15) is 0 Å². The van der Waals surface area contributed by atoms with E-state index in [4.69, 9.17) is 14.2 Å². The van der Waals surface area contributed by atoms with Crippen molar-refractivity contribution in [3.05, 3.63) is 0 Å². The molecule has 0 aromatic rings. The van der Waals surface area contributed by atoms with E-state index in [1.54, 1.807) is 0 Å². The molecule has 398 valence electrons. The second-order valence-electron chi connectivity index (χ2n) is 21.0. The summed E-state index contributed by atoms with van der Waals surface area (Å²) in [4.78, 5) is 37.6. The molecular formula is C61H118O6. The van der Waals surface area contributed by atoms with E-state index >= 15 is 0 Å². The first kappa shape index (κ1) is 65.4. The Morgan fingerprint density at radius 3 is 0.597 bits per heavy atom. The lowest BCUT2D eigenvalue weighted by Crippen LogP contribution is -2.30. The SMILES string of the molecule is CCCCCCCCCCCCCCCCCCCCCCCCCCCCCCCCCCCCCC(=O)OCC(COC(=O)CCCCCCCC)OC(=O)CCCCCCCCCC. The molecule has 0 fully saturated rings. The summed E-state index contributed by atoms with van der Waals surface area (Å²) in [6.45, 7) is 6.60. The first-order valence-electron chi connectivity index (χ1n) is 30.5. The van der Waals surface area contributed by atoms with Crippen LogP contribution in [0, 0.1) is 0 Å². The fraction of sp³-hybridized carbons (Fsp3) is 0.951. The van der Waals surface area contributed by atoms with Gasteiger partial charge in [-0.25, -0.2) is 0 Å². The number of rotatable bonds is 57. The number of ether oxygens (including phenoxy) is 3. The predicted octanol–water partition coefficient (Wildman–Crippen LogP) is 20.3. The summed E-state index contributed by atoms with van der Waals surface area (Å²) in [5.41, 5.74) is 0. The van der Waals surface area contributed by atoms with Crippen LogP contribution in [-0.2, 0) is 28.6 Å². The monoisotopic (exact) mass is 947 g/mol. The zero-order valence-corrected chi connectivity index (χ0v) is 45.7. The van der Waals surface area contributed by atoms with Gasteiger partial charge in [0.2, 0.25) is 0 Å². The molecule has 0 heterocycles. The molecule has 0 N–H and O–H groups in total. The van der Waals surface area contributed by atoms with Crippen molar-refractivity contribution in [1.29, 1.82) is 0 Å². The van der Waals surface area contributed by atoms with Crippen molar-refractivity contribution in [1.82, 2.24) is 0 Å². The van der Waals surface area contributed by atoms with Gasteiger partial charge in [0, 0.05) is 19.3 Å². The van der Waals surface area contributed by atoms with Gasteiger partial charge in [-0.05, 0) is 19.3 Å². The molecule has 0 saturated carbocycles. The molecule has 0 aliphatic carbocycles. The molecule has 0 saturated heterocycles. The third-order valence-electron chi connectivity index (χ3n) is 14.1. The lowest BCUT2D eigenvalue weighted by molar-refractivity contribution is -0.167. The lowest BCUT2D eigenvalue weighted by atomic mass is 10.0. The Morgan fingerprint density at radius 2 is 0.403 bits per heavy atom. The zero-order valence-electron chi connectivity index (χ0n) is 45.7. The number of hydrogen-bond acceptors (Lipinski definition) is 6. The van der Waals surface area contributed by atoms with Crippen LogP contribution >= 0.6 is 0 Å². The Hall–Kier alpha value is -1.59. The Bertz CT molecular complexity index is 998. The molecule has 0 aromatic carbocycles. The van der Waals surface area contributed by atoms with Crippen molar-refractivity contribution in [2.75, 3.05) is 13.2 Å². The number of carbonyl (C=O) groups is 3. The Morgan fingerprint density at radius 1 is 0.239 bits per heavy atom. The Kier molecular flexibility index (Phi) is 55.6. The highest BCUT2D eigenvalue weighted by Crippen LogP contribution is 2.18. The summed E-state index contributed by atoms with van der Waals surface area (Å²) in [5, 5.41) is 0. The van der Waals surface area contributed by atoms with Gasteiger partial charge >= 0.3 is 17.9 Å². The van der Waals surface area contributed by atoms with Crippen molar-refractivity contribution >= 4 is 17.9 Å². The second kappa shape index (κ2) is 57.0. The molecule has 1 atom stereocenters. The average Bonchev–Trinajstić information content (AvgIpc) is 3.33. The van der Waals surface area contributed by atoms with Crippen molar-refractivity contribution in [2.24, 2.45) is 0 Å². The Balaban J connectivity index is 3.72. The fourth-order valence-electron chi connectivity index (χ4n) is 9.51. The number of esters is 3. The van der Waals surface area contributed by atoms with Crippen LogP contribution < -0.4 is 0 Å². The lowest BCUT2D eigenvalue weighted by Gasteiger charge is -2.18. The highest BCUT2D eigenvalue weighted by molar-refractivity contribution is 5.71. The van der Waals surface area contributed by atoms with Gasteiger partial charge in [0.05, 0.1) is 0 Å². The summed E-state index contributed by atoms with van der Waals surface area (Å²) >= 11 is 0. The van der Waals surface area contributed by atoms with Crippen LogP contribution in [0.25, 0.3) is 0 Å². The van der Waals surface area contributed by atoms with Gasteiger partial charge in [0.1, 0.15) is 13.2 Å². The number of carbonyl (C=O) groups excluding carboxylic acids is 3. The largest absolute Gasteiger partial charge is 0.462 e. The van der Waals surface area contributed by atoms with Gasteiger partial charge < -0.3 is 14.2 Å². The molecule has 1 unspecified atom stereocenters. The molecule has 0 aliphatic rings. The summed E-state index contributed by atoms with van der Waals surface area (Å²) in [6.07, 6.45) is 64.8. The van der Waals surface area contributed by atoms with Gasteiger partial charge in [-0.3, -0.25) is 14.4 Å². The van der Waals surface area contributed by atoms with Crippen molar-refractivity contribution in [2.45, 2.75) is 361 Å².